The average molecular weight is 334 g/mol. The van der Waals surface area contributed by atoms with Crippen LogP contribution < -0.4 is 5.32 Å². The zero-order chi connectivity index (χ0) is 17.7. The Balaban J connectivity index is 1.94. The molecular formula is C17H22N2O5. The highest BCUT2D eigenvalue weighted by Gasteiger charge is 2.26. The van der Waals surface area contributed by atoms with Crippen LogP contribution in [0, 0.1) is 16.0 Å². The van der Waals surface area contributed by atoms with E-state index in [4.69, 9.17) is 4.74 Å². The molecule has 0 bridgehead atoms. The first-order chi connectivity index (χ1) is 11.4. The van der Waals surface area contributed by atoms with Crippen molar-refractivity contribution in [3.8, 4) is 0 Å². The third-order valence-corrected chi connectivity index (χ3v) is 4.38. The van der Waals surface area contributed by atoms with Gasteiger partial charge in [0.2, 0.25) is 0 Å². The molecule has 7 heteroatoms. The molecule has 1 fully saturated rings. The number of nitrogens with one attached hydrogen (secondary N) is 1. The molecule has 1 aromatic rings. The number of hydrogen-bond donors (Lipinski definition) is 1. The van der Waals surface area contributed by atoms with Crippen molar-refractivity contribution in [2.45, 2.75) is 51.7 Å². The Labute approximate surface area is 140 Å². The molecule has 1 aromatic carbocycles. The number of esters is 1. The minimum atomic E-state index is -0.953. The molecule has 1 N–H and O–H groups in total. The largest absolute Gasteiger partial charge is 0.449 e. The Hall–Kier alpha value is -2.44. The Bertz CT molecular complexity index is 631. The van der Waals surface area contributed by atoms with Gasteiger partial charge in [0.05, 0.1) is 10.5 Å². The number of benzene rings is 1. The van der Waals surface area contributed by atoms with Gasteiger partial charge in [-0.2, -0.15) is 0 Å². The maximum atomic E-state index is 12.2. The second-order valence-electron chi connectivity index (χ2n) is 6.23. The van der Waals surface area contributed by atoms with Crippen LogP contribution in [0.15, 0.2) is 24.3 Å². The van der Waals surface area contributed by atoms with Gasteiger partial charge in [0, 0.05) is 18.2 Å². The van der Waals surface area contributed by atoms with Gasteiger partial charge in [0.25, 0.3) is 11.6 Å². The van der Waals surface area contributed by atoms with Crippen LogP contribution in [0.2, 0.25) is 0 Å². The zero-order valence-corrected chi connectivity index (χ0v) is 13.9. The van der Waals surface area contributed by atoms with E-state index in [9.17, 15) is 19.7 Å². The Morgan fingerprint density at radius 3 is 2.71 bits per heavy atom. The molecule has 3 atom stereocenters. The lowest BCUT2D eigenvalue weighted by Gasteiger charge is -2.30. The highest BCUT2D eigenvalue weighted by Crippen LogP contribution is 2.24. The van der Waals surface area contributed by atoms with Gasteiger partial charge in [-0.25, -0.2) is 4.79 Å². The maximum Gasteiger partial charge on any atom is 0.339 e. The van der Waals surface area contributed by atoms with E-state index in [1.165, 1.54) is 31.5 Å². The van der Waals surface area contributed by atoms with Crippen molar-refractivity contribution in [2.75, 3.05) is 0 Å². The van der Waals surface area contributed by atoms with Crippen molar-refractivity contribution < 1.29 is 19.2 Å². The number of hydrogen-bond acceptors (Lipinski definition) is 5. The highest BCUT2D eigenvalue weighted by molar-refractivity contribution is 5.92. The second-order valence-corrected chi connectivity index (χ2v) is 6.23. The van der Waals surface area contributed by atoms with Crippen LogP contribution >= 0.6 is 0 Å². The summed E-state index contributed by atoms with van der Waals surface area (Å²) in [6.45, 7) is 3.60. The highest BCUT2D eigenvalue weighted by atomic mass is 16.6. The minimum Gasteiger partial charge on any atom is -0.449 e. The molecular weight excluding hydrogens is 312 g/mol. The lowest BCUT2D eigenvalue weighted by molar-refractivity contribution is -0.384. The number of nitro groups is 1. The third-order valence-electron chi connectivity index (χ3n) is 4.38. The first kappa shape index (κ1) is 17.9. The van der Waals surface area contributed by atoms with Gasteiger partial charge in [-0.3, -0.25) is 14.9 Å². The SMILES string of the molecule is C[C@@H](OC(=O)c1cccc([N+](=O)[O-])c1)C(=O)N[C@H]1CCCC[C@@H]1C. The number of non-ortho nitro benzene ring substituents is 1. The van der Waals surface area contributed by atoms with Crippen molar-refractivity contribution in [1.82, 2.24) is 5.32 Å². The normalized spacial score (nSPS) is 21.6. The molecule has 7 nitrogen and oxygen atoms in total. The number of rotatable bonds is 5. The van der Waals surface area contributed by atoms with Crippen molar-refractivity contribution >= 4 is 17.6 Å². The van der Waals surface area contributed by atoms with Crippen LogP contribution in [0.5, 0.6) is 0 Å². The van der Waals surface area contributed by atoms with Gasteiger partial charge in [0.1, 0.15) is 0 Å². The van der Waals surface area contributed by atoms with Crippen LogP contribution in [0.4, 0.5) is 5.69 Å². The topological polar surface area (TPSA) is 98.5 Å². The summed E-state index contributed by atoms with van der Waals surface area (Å²) in [6.07, 6.45) is 3.30. The predicted molar refractivity (Wildman–Crippen MR) is 87.5 cm³/mol. The fraction of sp³-hybridized carbons (Fsp3) is 0.529. The molecule has 1 saturated carbocycles. The molecule has 1 aliphatic carbocycles. The number of amides is 1. The van der Waals surface area contributed by atoms with Crippen LogP contribution in [-0.4, -0.2) is 28.9 Å². The van der Waals surface area contributed by atoms with Crippen LogP contribution in [0.25, 0.3) is 0 Å². The molecule has 0 saturated heterocycles. The number of carbonyl (C=O) groups is 2. The number of carbonyl (C=O) groups excluding carboxylic acids is 2. The standard InChI is InChI=1S/C17H22N2O5/c1-11-6-3-4-9-15(11)18-16(20)12(2)24-17(21)13-7-5-8-14(10-13)19(22)23/h5,7-8,10-12,15H,3-4,6,9H2,1-2H3,(H,18,20)/t11-,12+,15-/m0/s1. The summed E-state index contributed by atoms with van der Waals surface area (Å²) >= 11 is 0. The van der Waals surface area contributed by atoms with E-state index in [-0.39, 0.29) is 23.2 Å². The lowest BCUT2D eigenvalue weighted by Crippen LogP contribution is -2.45. The van der Waals surface area contributed by atoms with Crippen molar-refractivity contribution in [3.63, 3.8) is 0 Å². The fourth-order valence-corrected chi connectivity index (χ4v) is 2.86. The molecule has 0 aromatic heterocycles. The molecule has 0 unspecified atom stereocenters. The van der Waals surface area contributed by atoms with E-state index in [0.29, 0.717) is 5.92 Å². The number of nitro benzene ring substituents is 1. The Morgan fingerprint density at radius 1 is 1.33 bits per heavy atom. The third kappa shape index (κ3) is 4.53. The number of nitrogens with zero attached hydrogens (tertiary/aromatic N) is 1. The molecule has 1 aliphatic rings. The summed E-state index contributed by atoms with van der Waals surface area (Å²) in [5, 5.41) is 13.7. The molecule has 0 aliphatic heterocycles. The van der Waals surface area contributed by atoms with Gasteiger partial charge in [-0.1, -0.05) is 25.8 Å². The fourth-order valence-electron chi connectivity index (χ4n) is 2.86. The lowest BCUT2D eigenvalue weighted by atomic mass is 9.86. The summed E-state index contributed by atoms with van der Waals surface area (Å²) in [5.41, 5.74) is -0.146. The summed E-state index contributed by atoms with van der Waals surface area (Å²) in [5.74, 6) is -0.687. The summed E-state index contributed by atoms with van der Waals surface area (Å²) in [7, 11) is 0. The van der Waals surface area contributed by atoms with E-state index in [1.807, 2.05) is 0 Å². The predicted octanol–water partition coefficient (Wildman–Crippen LogP) is 2.84. The molecule has 0 radical (unpaired) electrons. The molecule has 24 heavy (non-hydrogen) atoms. The van der Waals surface area contributed by atoms with E-state index < -0.39 is 17.0 Å². The molecule has 0 heterocycles. The van der Waals surface area contributed by atoms with E-state index >= 15 is 0 Å². The molecule has 1 amide bonds. The Morgan fingerprint density at radius 2 is 2.04 bits per heavy atom. The molecule has 0 spiro atoms. The van der Waals surface area contributed by atoms with Crippen LogP contribution in [0.3, 0.4) is 0 Å². The summed E-state index contributed by atoms with van der Waals surface area (Å²) < 4.78 is 5.14. The first-order valence-electron chi connectivity index (χ1n) is 8.14. The van der Waals surface area contributed by atoms with Gasteiger partial charge in [-0.15, -0.1) is 0 Å². The average Bonchev–Trinajstić information content (AvgIpc) is 2.56. The smallest absolute Gasteiger partial charge is 0.339 e. The second kappa shape index (κ2) is 7.90. The molecule has 2 rings (SSSR count). The maximum absolute atomic E-state index is 12.2. The minimum absolute atomic E-state index is 0.0508. The van der Waals surface area contributed by atoms with Gasteiger partial charge < -0.3 is 10.1 Å². The van der Waals surface area contributed by atoms with Gasteiger partial charge >= 0.3 is 5.97 Å². The van der Waals surface area contributed by atoms with Crippen molar-refractivity contribution in [3.05, 3.63) is 39.9 Å². The zero-order valence-electron chi connectivity index (χ0n) is 13.9. The number of ether oxygens (including phenoxy) is 1. The van der Waals surface area contributed by atoms with E-state index in [2.05, 4.69) is 12.2 Å². The van der Waals surface area contributed by atoms with E-state index in [0.717, 1.165) is 25.3 Å². The summed E-state index contributed by atoms with van der Waals surface area (Å²) in [6, 6.07) is 5.35. The first-order valence-corrected chi connectivity index (χ1v) is 8.14. The van der Waals surface area contributed by atoms with Crippen LogP contribution in [-0.2, 0) is 9.53 Å². The quantitative estimate of drug-likeness (QED) is 0.507. The monoisotopic (exact) mass is 334 g/mol. The Kier molecular flexibility index (Phi) is 5.89. The van der Waals surface area contributed by atoms with E-state index in [1.54, 1.807) is 0 Å². The summed E-state index contributed by atoms with van der Waals surface area (Å²) in [4.78, 5) is 34.4. The van der Waals surface area contributed by atoms with Crippen LogP contribution in [0.1, 0.15) is 49.9 Å². The van der Waals surface area contributed by atoms with Gasteiger partial charge in [-0.05, 0) is 31.7 Å². The molecule has 130 valence electrons. The van der Waals surface area contributed by atoms with Crippen molar-refractivity contribution in [2.24, 2.45) is 5.92 Å². The van der Waals surface area contributed by atoms with Crippen molar-refractivity contribution in [1.29, 1.82) is 0 Å². The van der Waals surface area contributed by atoms with Gasteiger partial charge in [0.15, 0.2) is 6.10 Å².